The van der Waals surface area contributed by atoms with Crippen molar-refractivity contribution >= 4 is 34.1 Å². The van der Waals surface area contributed by atoms with Crippen LogP contribution in [0.2, 0.25) is 0 Å². The first-order chi connectivity index (χ1) is 29.4. The summed E-state index contributed by atoms with van der Waals surface area (Å²) in [5.74, 6) is 0. The number of aryl methyl sites for hydroxylation is 1. The summed E-state index contributed by atoms with van der Waals surface area (Å²) in [4.78, 5) is 4.69. The summed E-state index contributed by atoms with van der Waals surface area (Å²) in [7, 11) is 0. The molecule has 6 aromatic rings. The second kappa shape index (κ2) is 14.9. The smallest absolute Gasteiger partial charge is 0.309 e. The molecule has 2 aliphatic rings. The maximum atomic E-state index is 15.1. The normalized spacial score (nSPS) is 13.2. The number of hydrogen-bond donors (Lipinski definition) is 0. The van der Waals surface area contributed by atoms with Gasteiger partial charge in [0.1, 0.15) is 0 Å². The Morgan fingerprint density at radius 1 is 0.413 bits per heavy atom. The van der Waals surface area contributed by atoms with Crippen LogP contribution in [0.25, 0.3) is 11.1 Å². The van der Waals surface area contributed by atoms with Gasteiger partial charge < -0.3 is 9.80 Å². The molecule has 0 aliphatic carbocycles. The van der Waals surface area contributed by atoms with E-state index in [0.29, 0.717) is 33.6 Å². The Morgan fingerprint density at radius 3 is 1.00 bits per heavy atom. The zero-order valence-corrected chi connectivity index (χ0v) is 40.3. The number of halogens is 3. The number of benzene rings is 6. The third-order valence-electron chi connectivity index (χ3n) is 16.1. The molecule has 324 valence electrons. The highest BCUT2D eigenvalue weighted by molar-refractivity contribution is 6.04. The Bertz CT molecular complexity index is 2770. The Kier molecular flexibility index (Phi) is 10.4. The van der Waals surface area contributed by atoms with E-state index in [1.54, 1.807) is 6.92 Å². The van der Waals surface area contributed by atoms with Crippen molar-refractivity contribution in [1.29, 1.82) is 5.26 Å². The lowest BCUT2D eigenvalue weighted by Crippen LogP contribution is -2.27. The molecule has 2 aliphatic heterocycles. The number of fused-ring (bicyclic) bond motifs is 4. The molecule has 0 aromatic heterocycles. The van der Waals surface area contributed by atoms with E-state index in [0.717, 1.165) is 57.8 Å². The number of nitrogens with zero attached hydrogens (tertiary/aromatic N) is 3. The third-order valence-corrected chi connectivity index (χ3v) is 16.1. The first-order valence-corrected chi connectivity index (χ1v) is 22.2. The maximum absolute atomic E-state index is 15.1. The van der Waals surface area contributed by atoms with E-state index in [2.05, 4.69) is 127 Å². The molecule has 0 atom stereocenters. The lowest BCUT2D eigenvalue weighted by molar-refractivity contribution is -0.137. The van der Waals surface area contributed by atoms with Crippen LogP contribution in [-0.2, 0) is 19.0 Å². The summed E-state index contributed by atoms with van der Waals surface area (Å²) >= 11 is 0. The number of hydrogen-bond acceptors (Lipinski definition) is 3. The second-order valence-corrected chi connectivity index (χ2v) is 18.9. The molecule has 0 unspecified atom stereocenters. The fourth-order valence-corrected chi connectivity index (χ4v) is 11.0. The van der Waals surface area contributed by atoms with Crippen LogP contribution in [0.15, 0.2) is 30.3 Å². The van der Waals surface area contributed by atoms with Gasteiger partial charge in [0.05, 0.1) is 51.3 Å². The van der Waals surface area contributed by atoms with Gasteiger partial charge in [-0.1, -0.05) is 6.07 Å². The molecule has 0 amide bonds. The van der Waals surface area contributed by atoms with E-state index in [9.17, 15) is 5.26 Å². The van der Waals surface area contributed by atoms with Crippen molar-refractivity contribution < 1.29 is 13.2 Å². The molecule has 0 fully saturated rings. The Labute approximate surface area is 373 Å². The van der Waals surface area contributed by atoms with Crippen LogP contribution in [0, 0.1) is 129 Å². The zero-order valence-electron chi connectivity index (χ0n) is 40.3. The standard InChI is InChI=1S/C57H60F3N3/c1-26-18-44(22-45(19-26)57(58,59)60)52-50(62-53-39(14)31(6)27(2)35(10)46(53)23-47-36(11)28(3)32(7)40(15)54(47)62)20-43(25-61)21-51(52)63-55-41(16)33(8)29(4)37(12)48(55)24-49-38(13)30(5)34(9)42(17)56(49)63/h18-22H,23-24H2,1-17H3. The molecule has 0 N–H and O–H groups in total. The molecule has 6 heteroatoms. The lowest BCUT2D eigenvalue weighted by atomic mass is 9.79. The molecule has 6 aromatic carbocycles. The van der Waals surface area contributed by atoms with E-state index in [4.69, 9.17) is 0 Å². The predicted octanol–water partition coefficient (Wildman–Crippen LogP) is 16.2. The van der Waals surface area contributed by atoms with Crippen LogP contribution in [-0.4, -0.2) is 0 Å². The van der Waals surface area contributed by atoms with Crippen LogP contribution < -0.4 is 9.80 Å². The molecule has 0 saturated carbocycles. The molecular weight excluding hydrogens is 784 g/mol. The highest BCUT2D eigenvalue weighted by Gasteiger charge is 2.39. The Hall–Kier alpha value is -5.80. The quantitative estimate of drug-likeness (QED) is 0.177. The van der Waals surface area contributed by atoms with E-state index < -0.39 is 11.7 Å². The largest absolute Gasteiger partial charge is 0.416 e. The van der Waals surface area contributed by atoms with Gasteiger partial charge in [0.15, 0.2) is 0 Å². The summed E-state index contributed by atoms with van der Waals surface area (Å²) < 4.78 is 45.4. The first kappa shape index (κ1) is 43.8. The molecule has 0 spiro atoms. The van der Waals surface area contributed by atoms with Gasteiger partial charge in [-0.25, -0.2) is 0 Å². The molecule has 0 radical (unpaired) electrons. The predicted molar refractivity (Wildman–Crippen MR) is 257 cm³/mol. The maximum Gasteiger partial charge on any atom is 0.416 e. The fraction of sp³-hybridized carbons (Fsp3) is 0.351. The highest BCUT2D eigenvalue weighted by atomic mass is 19.4. The lowest BCUT2D eigenvalue weighted by Gasteiger charge is -2.43. The Balaban J connectivity index is 1.67. The molecule has 0 saturated heterocycles. The molecule has 0 bridgehead atoms. The average molecular weight is 844 g/mol. The minimum Gasteiger partial charge on any atom is -0.309 e. The minimum absolute atomic E-state index is 0.433. The molecule has 63 heavy (non-hydrogen) atoms. The van der Waals surface area contributed by atoms with Crippen molar-refractivity contribution in [3.63, 3.8) is 0 Å². The number of alkyl halides is 3. The summed E-state index contributed by atoms with van der Waals surface area (Å²) in [6.07, 6.45) is -3.13. The van der Waals surface area contributed by atoms with E-state index in [-0.39, 0.29) is 0 Å². The van der Waals surface area contributed by atoms with Gasteiger partial charge in [-0.15, -0.1) is 0 Å². The van der Waals surface area contributed by atoms with Crippen molar-refractivity contribution in [3.05, 3.63) is 158 Å². The van der Waals surface area contributed by atoms with Gasteiger partial charge in [-0.3, -0.25) is 0 Å². The third kappa shape index (κ3) is 6.28. The SMILES string of the molecule is Cc1cc(-c2c(N3c4c(C)c(C)c(C)c(C)c4Cc4c(C)c(C)c(C)c(C)c43)cc(C#N)cc2N2c3c(C)c(C)c(C)c(C)c3Cc3c(C)c(C)c(C)c(C)c32)cc(C(F)(F)F)c1. The zero-order chi connectivity index (χ0) is 46.2. The van der Waals surface area contributed by atoms with Crippen LogP contribution in [0.5, 0.6) is 0 Å². The monoisotopic (exact) mass is 843 g/mol. The highest BCUT2D eigenvalue weighted by Crippen LogP contribution is 2.59. The summed E-state index contributed by atoms with van der Waals surface area (Å²) in [5.41, 5.74) is 30.7. The van der Waals surface area contributed by atoms with E-state index in [1.165, 1.54) is 101 Å². The Morgan fingerprint density at radius 2 is 0.714 bits per heavy atom. The van der Waals surface area contributed by atoms with Gasteiger partial charge in [0, 0.05) is 18.4 Å². The molecular formula is C57H60F3N3. The van der Waals surface area contributed by atoms with Gasteiger partial charge in [-0.05, 0) is 264 Å². The van der Waals surface area contributed by atoms with Crippen LogP contribution in [0.4, 0.5) is 47.3 Å². The van der Waals surface area contributed by atoms with Crippen LogP contribution in [0.3, 0.4) is 0 Å². The topological polar surface area (TPSA) is 30.3 Å². The van der Waals surface area contributed by atoms with Crippen molar-refractivity contribution in [2.75, 3.05) is 9.80 Å². The van der Waals surface area contributed by atoms with Gasteiger partial charge in [-0.2, -0.15) is 18.4 Å². The summed E-state index contributed by atoms with van der Waals surface area (Å²) in [5, 5.41) is 11.2. The van der Waals surface area contributed by atoms with Crippen LogP contribution in [0.1, 0.15) is 128 Å². The van der Waals surface area contributed by atoms with Gasteiger partial charge >= 0.3 is 6.18 Å². The first-order valence-electron chi connectivity index (χ1n) is 22.2. The van der Waals surface area contributed by atoms with E-state index >= 15 is 13.2 Å². The number of rotatable bonds is 3. The van der Waals surface area contributed by atoms with Gasteiger partial charge in [0.25, 0.3) is 0 Å². The average Bonchev–Trinajstić information content (AvgIpc) is 3.25. The molecule has 3 nitrogen and oxygen atoms in total. The minimum atomic E-state index is -4.59. The molecule has 8 rings (SSSR count). The van der Waals surface area contributed by atoms with Crippen molar-refractivity contribution in [2.45, 2.75) is 137 Å². The van der Waals surface area contributed by atoms with Crippen molar-refractivity contribution in [1.82, 2.24) is 0 Å². The van der Waals surface area contributed by atoms with Crippen LogP contribution >= 0.6 is 0 Å². The molecule has 2 heterocycles. The second-order valence-electron chi connectivity index (χ2n) is 18.9. The number of nitriles is 1. The van der Waals surface area contributed by atoms with Gasteiger partial charge in [0.2, 0.25) is 0 Å². The van der Waals surface area contributed by atoms with Crippen molar-refractivity contribution in [2.24, 2.45) is 0 Å². The summed E-state index contributed by atoms with van der Waals surface area (Å²) in [6, 6.07) is 10.9. The van der Waals surface area contributed by atoms with Crippen molar-refractivity contribution in [3.8, 4) is 17.2 Å². The fourth-order valence-electron chi connectivity index (χ4n) is 11.0. The van der Waals surface area contributed by atoms with E-state index in [1.807, 2.05) is 18.2 Å². The number of anilines is 6. The summed E-state index contributed by atoms with van der Waals surface area (Å²) in [6.45, 7) is 36.7.